The summed E-state index contributed by atoms with van der Waals surface area (Å²) in [6.07, 6.45) is 0.907. The number of nitrogens with one attached hydrogen (secondary N) is 1. The number of carbonyl (C=O) groups excluding carboxylic acids is 1. The normalized spacial score (nSPS) is 12.1. The Labute approximate surface area is 161 Å². The van der Waals surface area contributed by atoms with E-state index in [0.29, 0.717) is 9.47 Å². The highest BCUT2D eigenvalue weighted by molar-refractivity contribution is 8.02. The molecule has 1 N–H and O–H groups in total. The molecule has 0 unspecified atom stereocenters. The first kappa shape index (κ1) is 18.9. The fourth-order valence-electron chi connectivity index (χ4n) is 2.17. The molecule has 0 aliphatic heterocycles. The second-order valence-electron chi connectivity index (χ2n) is 5.38. The molecule has 0 spiro atoms. The number of thiophene rings is 1. The van der Waals surface area contributed by atoms with Crippen LogP contribution in [0.1, 0.15) is 22.2 Å². The van der Waals surface area contributed by atoms with Gasteiger partial charge in [-0.05, 0) is 43.0 Å². The number of halogens is 2. The highest BCUT2D eigenvalue weighted by Gasteiger charge is 2.20. The number of nitrogens with zero attached hydrogens (tertiary/aromatic N) is 2. The molecule has 1 atom stereocenters. The molecule has 1 aromatic carbocycles. The first-order valence-corrected chi connectivity index (χ1v) is 10.4. The average molecular weight is 412 g/mol. The monoisotopic (exact) mass is 411 g/mol. The van der Waals surface area contributed by atoms with Gasteiger partial charge >= 0.3 is 0 Å². The van der Waals surface area contributed by atoms with Crippen LogP contribution in [0.3, 0.4) is 0 Å². The van der Waals surface area contributed by atoms with Crippen molar-refractivity contribution < 1.29 is 13.6 Å². The van der Waals surface area contributed by atoms with Crippen molar-refractivity contribution in [2.24, 2.45) is 0 Å². The molecule has 0 aliphatic rings. The molecule has 0 radical (unpaired) electrons. The lowest BCUT2D eigenvalue weighted by Crippen LogP contribution is -2.13. The summed E-state index contributed by atoms with van der Waals surface area (Å²) >= 11 is 4.32. The van der Waals surface area contributed by atoms with E-state index in [9.17, 15) is 13.6 Å². The number of hydrogen-bond acceptors (Lipinski definition) is 7. The van der Waals surface area contributed by atoms with E-state index in [4.69, 9.17) is 0 Å². The molecule has 0 saturated heterocycles. The number of anilines is 1. The SMILES string of the molecule is C[C@@H](Sc1nnc(NCCc2cccs2)s1)C(=O)c1ccc(F)c(F)c1. The minimum Gasteiger partial charge on any atom is -0.360 e. The summed E-state index contributed by atoms with van der Waals surface area (Å²) in [6.45, 7) is 2.46. The first-order valence-electron chi connectivity index (χ1n) is 7.78. The third kappa shape index (κ3) is 4.87. The first-order chi connectivity index (χ1) is 12.5. The van der Waals surface area contributed by atoms with Gasteiger partial charge in [0.25, 0.3) is 0 Å². The molecule has 2 heterocycles. The van der Waals surface area contributed by atoms with Gasteiger partial charge in [0.15, 0.2) is 21.8 Å². The van der Waals surface area contributed by atoms with Gasteiger partial charge in [-0.25, -0.2) is 8.78 Å². The number of carbonyl (C=O) groups is 1. The summed E-state index contributed by atoms with van der Waals surface area (Å²) < 4.78 is 26.9. The molecule has 26 heavy (non-hydrogen) atoms. The smallest absolute Gasteiger partial charge is 0.206 e. The Morgan fingerprint density at radius 1 is 1.27 bits per heavy atom. The minimum atomic E-state index is -1.03. The summed E-state index contributed by atoms with van der Waals surface area (Å²) in [4.78, 5) is 13.6. The van der Waals surface area contributed by atoms with Gasteiger partial charge in [-0.3, -0.25) is 4.79 Å². The largest absolute Gasteiger partial charge is 0.360 e. The molecule has 136 valence electrons. The number of rotatable bonds is 8. The van der Waals surface area contributed by atoms with E-state index in [2.05, 4.69) is 21.6 Å². The van der Waals surface area contributed by atoms with Crippen LogP contribution in [0.5, 0.6) is 0 Å². The van der Waals surface area contributed by atoms with E-state index >= 15 is 0 Å². The quantitative estimate of drug-likeness (QED) is 0.422. The van der Waals surface area contributed by atoms with E-state index in [1.807, 2.05) is 11.4 Å². The summed E-state index contributed by atoms with van der Waals surface area (Å²) in [5, 5.41) is 13.6. The summed E-state index contributed by atoms with van der Waals surface area (Å²) in [5.74, 6) is -2.28. The van der Waals surface area contributed by atoms with Crippen molar-refractivity contribution in [3.63, 3.8) is 0 Å². The molecule has 9 heteroatoms. The summed E-state index contributed by atoms with van der Waals surface area (Å²) in [7, 11) is 0. The van der Waals surface area contributed by atoms with Gasteiger partial charge in [0.05, 0.1) is 5.25 Å². The van der Waals surface area contributed by atoms with E-state index in [0.717, 1.165) is 25.1 Å². The molecule has 4 nitrogen and oxygen atoms in total. The summed E-state index contributed by atoms with van der Waals surface area (Å²) in [6, 6.07) is 7.27. The van der Waals surface area contributed by atoms with Crippen LogP contribution in [-0.2, 0) is 6.42 Å². The van der Waals surface area contributed by atoms with E-state index in [1.54, 1.807) is 18.3 Å². The number of Topliss-reactive ketones (excluding diaryl/α,β-unsaturated/α-hetero) is 1. The van der Waals surface area contributed by atoms with Crippen molar-refractivity contribution in [1.29, 1.82) is 0 Å². The molecular formula is C17H15F2N3OS3. The van der Waals surface area contributed by atoms with Gasteiger partial charge < -0.3 is 5.32 Å². The fraction of sp³-hybridized carbons (Fsp3) is 0.235. The molecular weight excluding hydrogens is 396 g/mol. The number of benzene rings is 1. The maximum atomic E-state index is 13.3. The number of aromatic nitrogens is 2. The lowest BCUT2D eigenvalue weighted by atomic mass is 10.1. The Balaban J connectivity index is 1.54. The third-order valence-electron chi connectivity index (χ3n) is 3.49. The second kappa shape index (κ2) is 8.70. The van der Waals surface area contributed by atoms with Gasteiger partial charge in [0.1, 0.15) is 0 Å². The van der Waals surface area contributed by atoms with E-state index < -0.39 is 16.9 Å². The van der Waals surface area contributed by atoms with E-state index in [-0.39, 0.29) is 11.3 Å². The van der Waals surface area contributed by atoms with Gasteiger partial charge in [0, 0.05) is 17.0 Å². The van der Waals surface area contributed by atoms with Crippen LogP contribution in [0.2, 0.25) is 0 Å². The topological polar surface area (TPSA) is 54.9 Å². The third-order valence-corrected chi connectivity index (χ3v) is 6.49. The molecule has 3 aromatic rings. The van der Waals surface area contributed by atoms with Crippen molar-refractivity contribution in [2.45, 2.75) is 22.9 Å². The minimum absolute atomic E-state index is 0.141. The molecule has 0 saturated carbocycles. The van der Waals surface area contributed by atoms with Crippen LogP contribution in [0, 0.1) is 11.6 Å². The highest BCUT2D eigenvalue weighted by atomic mass is 32.2. The van der Waals surface area contributed by atoms with Gasteiger partial charge in [-0.2, -0.15) is 0 Å². The number of thioether (sulfide) groups is 1. The van der Waals surface area contributed by atoms with Crippen molar-refractivity contribution in [3.8, 4) is 0 Å². The molecule has 2 aromatic heterocycles. The molecule has 0 amide bonds. The Hall–Kier alpha value is -1.84. The number of hydrogen-bond donors (Lipinski definition) is 1. The van der Waals surface area contributed by atoms with Crippen LogP contribution in [0.25, 0.3) is 0 Å². The van der Waals surface area contributed by atoms with Crippen LogP contribution < -0.4 is 5.32 Å². The fourth-order valence-corrected chi connectivity index (χ4v) is 4.87. The molecule has 3 rings (SSSR count). The van der Waals surface area contributed by atoms with Gasteiger partial charge in [-0.1, -0.05) is 29.2 Å². The maximum absolute atomic E-state index is 13.3. The predicted molar refractivity (Wildman–Crippen MR) is 102 cm³/mol. The van der Waals surface area contributed by atoms with E-state index in [1.165, 1.54) is 34.0 Å². The molecule has 0 bridgehead atoms. The molecule has 0 aliphatic carbocycles. The second-order valence-corrected chi connectivity index (χ2v) is 8.98. The highest BCUT2D eigenvalue weighted by Crippen LogP contribution is 2.30. The zero-order valence-electron chi connectivity index (χ0n) is 13.7. The Morgan fingerprint density at radius 3 is 2.85 bits per heavy atom. The lowest BCUT2D eigenvalue weighted by Gasteiger charge is -2.08. The van der Waals surface area contributed by atoms with Gasteiger partial charge in [-0.15, -0.1) is 21.5 Å². The molecule has 0 fully saturated rings. The Bertz CT molecular complexity index is 883. The zero-order valence-corrected chi connectivity index (χ0v) is 16.2. The number of ketones is 1. The van der Waals surface area contributed by atoms with Crippen LogP contribution in [0.15, 0.2) is 40.1 Å². The maximum Gasteiger partial charge on any atom is 0.206 e. The summed E-state index contributed by atoms with van der Waals surface area (Å²) in [5.41, 5.74) is 0.141. The zero-order chi connectivity index (χ0) is 18.5. The Morgan fingerprint density at radius 2 is 2.12 bits per heavy atom. The van der Waals surface area contributed by atoms with Crippen molar-refractivity contribution in [1.82, 2.24) is 10.2 Å². The van der Waals surface area contributed by atoms with Crippen LogP contribution >= 0.6 is 34.4 Å². The van der Waals surface area contributed by atoms with Gasteiger partial charge in [0.2, 0.25) is 5.13 Å². The predicted octanol–water partition coefficient (Wildman–Crippen LogP) is 4.90. The average Bonchev–Trinajstić information content (AvgIpc) is 3.29. The standard InChI is InChI=1S/C17H15F2N3OS3/c1-10(15(23)11-4-5-13(18)14(19)9-11)25-17-22-21-16(26-17)20-7-6-12-3-2-8-24-12/h2-5,8-10H,6-7H2,1H3,(H,20,21)/t10-/m1/s1. The van der Waals surface area contributed by atoms with Crippen LogP contribution in [0.4, 0.5) is 13.9 Å². The Kier molecular flexibility index (Phi) is 6.33. The van der Waals surface area contributed by atoms with Crippen molar-refractivity contribution in [2.75, 3.05) is 11.9 Å². The van der Waals surface area contributed by atoms with Crippen molar-refractivity contribution in [3.05, 3.63) is 57.8 Å². The van der Waals surface area contributed by atoms with Crippen LogP contribution in [-0.4, -0.2) is 27.8 Å². The lowest BCUT2D eigenvalue weighted by molar-refractivity contribution is 0.0993. The van der Waals surface area contributed by atoms with Crippen molar-refractivity contribution >= 4 is 45.4 Å².